The highest BCUT2D eigenvalue weighted by Gasteiger charge is 2.26. The van der Waals surface area contributed by atoms with Gasteiger partial charge >= 0.3 is 0 Å². The van der Waals surface area contributed by atoms with E-state index in [9.17, 15) is 5.11 Å². The van der Waals surface area contributed by atoms with Crippen molar-refractivity contribution in [2.75, 3.05) is 20.3 Å². The van der Waals surface area contributed by atoms with Crippen LogP contribution in [0.25, 0.3) is 0 Å². The molecule has 1 aliphatic heterocycles. The number of phenols is 1. The monoisotopic (exact) mass is 279 g/mol. The van der Waals surface area contributed by atoms with Gasteiger partial charge in [0.1, 0.15) is 0 Å². The molecule has 3 unspecified atom stereocenters. The molecule has 3 atom stereocenters. The summed E-state index contributed by atoms with van der Waals surface area (Å²) in [5, 5.41) is 13.2. The largest absolute Gasteiger partial charge is 0.504 e. The second kappa shape index (κ2) is 6.95. The molecule has 2 rings (SSSR count). The summed E-state index contributed by atoms with van der Waals surface area (Å²) >= 11 is 0. The van der Waals surface area contributed by atoms with Crippen LogP contribution >= 0.6 is 0 Å². The Morgan fingerprint density at radius 3 is 3.00 bits per heavy atom. The minimum absolute atomic E-state index is 0.179. The highest BCUT2D eigenvalue weighted by Crippen LogP contribution is 2.29. The maximum Gasteiger partial charge on any atom is 0.160 e. The number of rotatable bonds is 6. The van der Waals surface area contributed by atoms with Crippen molar-refractivity contribution in [3.63, 3.8) is 0 Å². The number of hydrogen-bond donors (Lipinski definition) is 2. The Morgan fingerprint density at radius 2 is 2.30 bits per heavy atom. The third-order valence-electron chi connectivity index (χ3n) is 4.14. The molecule has 20 heavy (non-hydrogen) atoms. The zero-order chi connectivity index (χ0) is 14.5. The Labute approximate surface area is 121 Å². The molecule has 0 spiro atoms. The lowest BCUT2D eigenvalue weighted by Gasteiger charge is -2.21. The zero-order valence-corrected chi connectivity index (χ0v) is 12.6. The highest BCUT2D eigenvalue weighted by molar-refractivity contribution is 5.42. The van der Waals surface area contributed by atoms with Gasteiger partial charge in [-0.1, -0.05) is 13.0 Å². The Bertz CT molecular complexity index is 436. The van der Waals surface area contributed by atoms with Crippen LogP contribution in [0.4, 0.5) is 0 Å². The molecule has 0 radical (unpaired) electrons. The molecule has 1 fully saturated rings. The smallest absolute Gasteiger partial charge is 0.160 e. The van der Waals surface area contributed by atoms with Gasteiger partial charge in [-0.05, 0) is 43.4 Å². The van der Waals surface area contributed by atoms with Crippen molar-refractivity contribution in [2.45, 2.75) is 38.8 Å². The van der Waals surface area contributed by atoms with Crippen LogP contribution in [0.15, 0.2) is 18.2 Å². The fourth-order valence-corrected chi connectivity index (χ4v) is 2.79. The van der Waals surface area contributed by atoms with Crippen molar-refractivity contribution in [2.24, 2.45) is 5.92 Å². The molecule has 1 aliphatic rings. The second-order valence-electron chi connectivity index (χ2n) is 5.43. The summed E-state index contributed by atoms with van der Waals surface area (Å²) in [6.45, 7) is 6.15. The van der Waals surface area contributed by atoms with E-state index in [1.807, 2.05) is 12.1 Å². The van der Waals surface area contributed by atoms with Gasteiger partial charge in [0, 0.05) is 19.2 Å². The molecular formula is C16H25NO3. The Kier molecular flexibility index (Phi) is 5.26. The summed E-state index contributed by atoms with van der Waals surface area (Å²) in [6, 6.07) is 5.72. The van der Waals surface area contributed by atoms with Crippen molar-refractivity contribution in [3.8, 4) is 11.5 Å². The zero-order valence-electron chi connectivity index (χ0n) is 12.6. The summed E-state index contributed by atoms with van der Waals surface area (Å²) in [5.41, 5.74) is 1.12. The molecule has 4 heteroatoms. The molecule has 0 saturated carbocycles. The van der Waals surface area contributed by atoms with Crippen LogP contribution in [-0.4, -0.2) is 31.5 Å². The molecule has 1 aromatic rings. The van der Waals surface area contributed by atoms with Gasteiger partial charge in [0.05, 0.1) is 13.2 Å². The minimum Gasteiger partial charge on any atom is -0.504 e. The SMILES string of the molecule is CCC1OCCC1CNC(C)c1ccc(O)c(OC)c1. The predicted molar refractivity (Wildman–Crippen MR) is 79.2 cm³/mol. The van der Waals surface area contributed by atoms with Crippen molar-refractivity contribution in [1.29, 1.82) is 0 Å². The van der Waals surface area contributed by atoms with Crippen LogP contribution < -0.4 is 10.1 Å². The van der Waals surface area contributed by atoms with Gasteiger partial charge < -0.3 is 19.9 Å². The number of phenolic OH excluding ortho intramolecular Hbond substituents is 1. The third-order valence-corrected chi connectivity index (χ3v) is 4.14. The summed E-state index contributed by atoms with van der Waals surface area (Å²) in [7, 11) is 1.57. The van der Waals surface area contributed by atoms with Crippen LogP contribution in [0.1, 0.15) is 38.3 Å². The van der Waals surface area contributed by atoms with Crippen LogP contribution in [0.3, 0.4) is 0 Å². The number of nitrogens with one attached hydrogen (secondary N) is 1. The van der Waals surface area contributed by atoms with E-state index in [0.717, 1.165) is 31.6 Å². The lowest BCUT2D eigenvalue weighted by atomic mass is 9.98. The quantitative estimate of drug-likeness (QED) is 0.840. The normalized spacial score (nSPS) is 23.8. The number of aromatic hydroxyl groups is 1. The average molecular weight is 279 g/mol. The molecule has 2 N–H and O–H groups in total. The third kappa shape index (κ3) is 3.44. The molecule has 0 aromatic heterocycles. The minimum atomic E-state index is 0.179. The van der Waals surface area contributed by atoms with Crippen molar-refractivity contribution >= 4 is 0 Å². The van der Waals surface area contributed by atoms with E-state index in [4.69, 9.17) is 9.47 Å². The first-order valence-corrected chi connectivity index (χ1v) is 7.37. The fraction of sp³-hybridized carbons (Fsp3) is 0.625. The van der Waals surface area contributed by atoms with Crippen LogP contribution in [0.5, 0.6) is 11.5 Å². The molecule has 0 aliphatic carbocycles. The van der Waals surface area contributed by atoms with Gasteiger partial charge in [0.25, 0.3) is 0 Å². The standard InChI is InChI=1S/C16H25NO3/c1-4-15-13(7-8-20-15)10-17-11(2)12-5-6-14(18)16(9-12)19-3/h5-6,9,11,13,15,17-18H,4,7-8,10H2,1-3H3. The Hall–Kier alpha value is -1.26. The summed E-state index contributed by atoms with van der Waals surface area (Å²) in [5.74, 6) is 1.30. The molecule has 1 aromatic carbocycles. The molecule has 1 heterocycles. The van der Waals surface area contributed by atoms with Gasteiger partial charge in [-0.25, -0.2) is 0 Å². The Morgan fingerprint density at radius 1 is 1.50 bits per heavy atom. The summed E-state index contributed by atoms with van der Waals surface area (Å²) < 4.78 is 10.9. The van der Waals surface area contributed by atoms with Gasteiger partial charge in [-0.2, -0.15) is 0 Å². The lowest BCUT2D eigenvalue weighted by Crippen LogP contribution is -2.30. The van der Waals surface area contributed by atoms with Crippen LogP contribution in [0.2, 0.25) is 0 Å². The highest BCUT2D eigenvalue weighted by atomic mass is 16.5. The average Bonchev–Trinajstić information content (AvgIpc) is 2.92. The lowest BCUT2D eigenvalue weighted by molar-refractivity contribution is 0.0867. The van der Waals surface area contributed by atoms with E-state index in [1.54, 1.807) is 13.2 Å². The maximum atomic E-state index is 9.62. The Balaban J connectivity index is 1.93. The molecule has 0 bridgehead atoms. The molecule has 1 saturated heterocycles. The van der Waals surface area contributed by atoms with E-state index in [-0.39, 0.29) is 11.8 Å². The predicted octanol–water partition coefficient (Wildman–Crippen LogP) is 2.87. The van der Waals surface area contributed by atoms with Crippen molar-refractivity contribution in [1.82, 2.24) is 5.32 Å². The molecular weight excluding hydrogens is 254 g/mol. The summed E-state index contributed by atoms with van der Waals surface area (Å²) in [4.78, 5) is 0. The van der Waals surface area contributed by atoms with Gasteiger partial charge in [-0.15, -0.1) is 0 Å². The topological polar surface area (TPSA) is 50.7 Å². The number of ether oxygens (including phenoxy) is 2. The van der Waals surface area contributed by atoms with E-state index < -0.39 is 0 Å². The number of methoxy groups -OCH3 is 1. The van der Waals surface area contributed by atoms with Crippen LogP contribution in [0, 0.1) is 5.92 Å². The second-order valence-corrected chi connectivity index (χ2v) is 5.43. The number of hydrogen-bond acceptors (Lipinski definition) is 4. The molecule has 4 nitrogen and oxygen atoms in total. The van der Waals surface area contributed by atoms with Gasteiger partial charge in [-0.3, -0.25) is 0 Å². The van der Waals surface area contributed by atoms with Crippen molar-refractivity contribution < 1.29 is 14.6 Å². The van der Waals surface area contributed by atoms with E-state index in [0.29, 0.717) is 17.8 Å². The van der Waals surface area contributed by atoms with Crippen molar-refractivity contribution in [3.05, 3.63) is 23.8 Å². The summed E-state index contributed by atoms with van der Waals surface area (Å²) in [6.07, 6.45) is 2.61. The van der Waals surface area contributed by atoms with Gasteiger partial charge in [0.2, 0.25) is 0 Å². The van der Waals surface area contributed by atoms with E-state index in [1.165, 1.54) is 0 Å². The molecule has 112 valence electrons. The van der Waals surface area contributed by atoms with Gasteiger partial charge in [0.15, 0.2) is 11.5 Å². The maximum absolute atomic E-state index is 9.62. The van der Waals surface area contributed by atoms with Crippen LogP contribution in [-0.2, 0) is 4.74 Å². The first kappa shape index (κ1) is 15.1. The fourth-order valence-electron chi connectivity index (χ4n) is 2.79. The van der Waals surface area contributed by atoms with E-state index in [2.05, 4.69) is 19.2 Å². The number of benzene rings is 1. The van der Waals surface area contributed by atoms with E-state index >= 15 is 0 Å². The molecule has 0 amide bonds. The first-order chi connectivity index (χ1) is 9.65. The first-order valence-electron chi connectivity index (χ1n) is 7.37.